The molecule has 0 aliphatic carbocycles. The summed E-state index contributed by atoms with van der Waals surface area (Å²) < 4.78 is 0. The third kappa shape index (κ3) is 1.28. The minimum atomic E-state index is -0.874. The Morgan fingerprint density at radius 2 is 1.94 bits per heavy atom. The van der Waals surface area contributed by atoms with Gasteiger partial charge in [0.2, 0.25) is 0 Å². The monoisotopic (exact) mass is 217 g/mol. The van der Waals surface area contributed by atoms with Crippen LogP contribution in [0.5, 0.6) is 0 Å². The summed E-state index contributed by atoms with van der Waals surface area (Å²) in [5.41, 5.74) is 4.03. The van der Waals surface area contributed by atoms with E-state index in [0.29, 0.717) is 5.56 Å². The molecule has 0 spiro atoms. The van der Waals surface area contributed by atoms with Crippen LogP contribution in [-0.2, 0) is 5.41 Å². The van der Waals surface area contributed by atoms with Crippen molar-refractivity contribution >= 4 is 17.4 Å². The Kier molecular flexibility index (Phi) is 2.15. The fraction of sp³-hybridized carbons (Fsp3) is 0.385. The van der Waals surface area contributed by atoms with Crippen molar-refractivity contribution in [1.82, 2.24) is 0 Å². The predicted molar refractivity (Wildman–Crippen MR) is 63.9 cm³/mol. The van der Waals surface area contributed by atoms with Gasteiger partial charge in [-0.3, -0.25) is 4.99 Å². The van der Waals surface area contributed by atoms with Crippen molar-refractivity contribution in [3.8, 4) is 0 Å². The molecule has 3 heteroatoms. The highest BCUT2D eigenvalue weighted by molar-refractivity contribution is 6.01. The van der Waals surface area contributed by atoms with E-state index in [1.165, 1.54) is 0 Å². The molecule has 0 amide bonds. The summed E-state index contributed by atoms with van der Waals surface area (Å²) in [5, 5.41) is 9.10. The zero-order valence-corrected chi connectivity index (χ0v) is 9.96. The van der Waals surface area contributed by atoms with E-state index in [0.717, 1.165) is 22.5 Å². The molecule has 0 bridgehead atoms. The van der Waals surface area contributed by atoms with E-state index in [9.17, 15) is 4.79 Å². The number of rotatable bonds is 1. The maximum atomic E-state index is 11.1. The molecule has 0 aromatic heterocycles. The first-order valence-electron chi connectivity index (χ1n) is 5.29. The van der Waals surface area contributed by atoms with Gasteiger partial charge in [0.15, 0.2) is 0 Å². The summed E-state index contributed by atoms with van der Waals surface area (Å²) in [5.74, 6) is -0.874. The van der Waals surface area contributed by atoms with Crippen LogP contribution in [-0.4, -0.2) is 16.8 Å². The lowest BCUT2D eigenvalue weighted by molar-refractivity contribution is 0.0696. The summed E-state index contributed by atoms with van der Waals surface area (Å²) in [4.78, 5) is 15.6. The lowest BCUT2D eigenvalue weighted by atomic mass is 9.79. The van der Waals surface area contributed by atoms with Crippen molar-refractivity contribution in [2.75, 3.05) is 0 Å². The van der Waals surface area contributed by atoms with Crippen LogP contribution in [0.2, 0.25) is 0 Å². The van der Waals surface area contributed by atoms with Gasteiger partial charge in [-0.1, -0.05) is 13.8 Å². The molecule has 1 aliphatic rings. The molecule has 1 aromatic carbocycles. The second-order valence-corrected chi connectivity index (χ2v) is 4.76. The number of aliphatic imine (C=N–C) groups is 1. The van der Waals surface area contributed by atoms with Gasteiger partial charge in [0.05, 0.1) is 11.3 Å². The molecule has 0 atom stereocenters. The second kappa shape index (κ2) is 3.17. The molecule has 0 saturated heterocycles. The van der Waals surface area contributed by atoms with E-state index < -0.39 is 5.97 Å². The smallest absolute Gasteiger partial charge is 0.335 e. The normalized spacial score (nSPS) is 16.9. The first-order chi connectivity index (χ1) is 7.35. The van der Waals surface area contributed by atoms with Gasteiger partial charge in [0, 0.05) is 11.1 Å². The third-order valence-electron chi connectivity index (χ3n) is 3.49. The Morgan fingerprint density at radius 1 is 1.31 bits per heavy atom. The summed E-state index contributed by atoms with van der Waals surface area (Å²) in [6.07, 6.45) is 0. The second-order valence-electron chi connectivity index (χ2n) is 4.76. The van der Waals surface area contributed by atoms with Gasteiger partial charge in [-0.15, -0.1) is 0 Å². The van der Waals surface area contributed by atoms with Crippen molar-refractivity contribution in [2.45, 2.75) is 33.1 Å². The summed E-state index contributed by atoms with van der Waals surface area (Å²) in [7, 11) is 0. The average Bonchev–Trinajstić information content (AvgIpc) is 2.38. The van der Waals surface area contributed by atoms with Crippen LogP contribution in [0.15, 0.2) is 17.1 Å². The summed E-state index contributed by atoms with van der Waals surface area (Å²) in [6.45, 7) is 8.00. The van der Waals surface area contributed by atoms with Crippen LogP contribution in [0.4, 0.5) is 5.69 Å². The highest BCUT2D eigenvalue weighted by Gasteiger charge is 2.34. The Labute approximate surface area is 94.8 Å². The van der Waals surface area contributed by atoms with E-state index >= 15 is 0 Å². The summed E-state index contributed by atoms with van der Waals surface area (Å²) in [6, 6.07) is 3.43. The van der Waals surface area contributed by atoms with Crippen LogP contribution in [0.1, 0.15) is 42.3 Å². The van der Waals surface area contributed by atoms with Crippen LogP contribution < -0.4 is 0 Å². The molecule has 0 unspecified atom stereocenters. The van der Waals surface area contributed by atoms with E-state index in [4.69, 9.17) is 5.11 Å². The molecule has 1 aromatic rings. The van der Waals surface area contributed by atoms with Gasteiger partial charge >= 0.3 is 5.97 Å². The first-order valence-corrected chi connectivity index (χ1v) is 5.29. The average molecular weight is 217 g/mol. The molecule has 0 saturated carbocycles. The maximum Gasteiger partial charge on any atom is 0.335 e. The molecular weight excluding hydrogens is 202 g/mol. The number of benzene rings is 1. The summed E-state index contributed by atoms with van der Waals surface area (Å²) >= 11 is 0. The van der Waals surface area contributed by atoms with E-state index in [1.54, 1.807) is 12.1 Å². The number of hydrogen-bond acceptors (Lipinski definition) is 2. The Balaban J connectivity index is 2.72. The van der Waals surface area contributed by atoms with Crippen molar-refractivity contribution < 1.29 is 9.90 Å². The number of carboxylic acids is 1. The molecule has 16 heavy (non-hydrogen) atoms. The molecule has 1 heterocycles. The van der Waals surface area contributed by atoms with Crippen LogP contribution >= 0.6 is 0 Å². The Hall–Kier alpha value is -1.64. The lowest BCUT2D eigenvalue weighted by Crippen LogP contribution is -2.24. The van der Waals surface area contributed by atoms with E-state index in [-0.39, 0.29) is 5.41 Å². The van der Waals surface area contributed by atoms with Gasteiger partial charge in [-0.2, -0.15) is 0 Å². The molecule has 1 aliphatic heterocycles. The maximum absolute atomic E-state index is 11.1. The van der Waals surface area contributed by atoms with Crippen LogP contribution in [0, 0.1) is 6.92 Å². The Bertz CT molecular complexity index is 513. The highest BCUT2D eigenvalue weighted by Crippen LogP contribution is 2.42. The van der Waals surface area contributed by atoms with Crippen molar-refractivity contribution in [3.05, 3.63) is 28.8 Å². The molecule has 2 rings (SSSR count). The first kappa shape index (κ1) is 10.9. The number of nitrogens with zero attached hydrogens (tertiary/aromatic N) is 1. The number of carbonyl (C=O) groups is 1. The third-order valence-corrected chi connectivity index (χ3v) is 3.49. The van der Waals surface area contributed by atoms with Crippen molar-refractivity contribution in [1.29, 1.82) is 0 Å². The number of carboxylic acid groups (broad SMARTS) is 1. The molecule has 0 fully saturated rings. The number of fused-ring (bicyclic) bond motifs is 1. The topological polar surface area (TPSA) is 49.7 Å². The quantitative estimate of drug-likeness (QED) is 0.785. The molecule has 84 valence electrons. The van der Waals surface area contributed by atoms with Crippen LogP contribution in [0.25, 0.3) is 0 Å². The fourth-order valence-corrected chi connectivity index (χ4v) is 2.31. The minimum absolute atomic E-state index is 0.162. The molecule has 1 N–H and O–H groups in total. The van der Waals surface area contributed by atoms with Gasteiger partial charge in [0.1, 0.15) is 0 Å². The predicted octanol–water partition coefficient (Wildman–Crippen LogP) is 3.08. The van der Waals surface area contributed by atoms with E-state index in [2.05, 4.69) is 18.8 Å². The molecular formula is C13H15NO2. The highest BCUT2D eigenvalue weighted by atomic mass is 16.4. The van der Waals surface area contributed by atoms with Gasteiger partial charge < -0.3 is 5.11 Å². The van der Waals surface area contributed by atoms with Gasteiger partial charge in [-0.05, 0) is 37.1 Å². The molecule has 0 radical (unpaired) electrons. The number of hydrogen-bond donors (Lipinski definition) is 1. The largest absolute Gasteiger partial charge is 0.478 e. The van der Waals surface area contributed by atoms with Gasteiger partial charge in [0.25, 0.3) is 0 Å². The van der Waals surface area contributed by atoms with Crippen molar-refractivity contribution in [3.63, 3.8) is 0 Å². The van der Waals surface area contributed by atoms with Crippen molar-refractivity contribution in [2.24, 2.45) is 4.99 Å². The number of aromatic carboxylic acids is 1. The SMILES string of the molecule is CC1=Nc2ccc(C(=O)O)c(C)c2C1(C)C. The standard InChI is InChI=1S/C13H15NO2/c1-7-9(12(15)16)5-6-10-11(7)13(3,4)8(2)14-10/h5-6H,1-4H3,(H,15,16). The minimum Gasteiger partial charge on any atom is -0.478 e. The lowest BCUT2D eigenvalue weighted by Gasteiger charge is -2.22. The van der Waals surface area contributed by atoms with E-state index in [1.807, 2.05) is 13.8 Å². The Morgan fingerprint density at radius 3 is 2.50 bits per heavy atom. The van der Waals surface area contributed by atoms with Gasteiger partial charge in [-0.25, -0.2) is 4.79 Å². The fourth-order valence-electron chi connectivity index (χ4n) is 2.31. The van der Waals surface area contributed by atoms with Crippen LogP contribution in [0.3, 0.4) is 0 Å². The zero-order chi connectivity index (χ0) is 12.1. The zero-order valence-electron chi connectivity index (χ0n) is 9.96. The molecule has 3 nitrogen and oxygen atoms in total.